The molecular weight excluding hydrogens is 244 g/mol. The number of hydrogen-bond donors (Lipinski definition) is 1. The van der Waals surface area contributed by atoms with Crippen molar-refractivity contribution in [2.24, 2.45) is 0 Å². The summed E-state index contributed by atoms with van der Waals surface area (Å²) in [5, 5.41) is 3.73. The Balaban J connectivity index is 2.47. The van der Waals surface area contributed by atoms with Gasteiger partial charge in [0.2, 0.25) is 0 Å². The van der Waals surface area contributed by atoms with Gasteiger partial charge in [0.1, 0.15) is 0 Å². The Hall–Kier alpha value is -0.860. The molecule has 0 fully saturated rings. The van der Waals surface area contributed by atoms with Gasteiger partial charge in [-0.05, 0) is 58.3 Å². The van der Waals surface area contributed by atoms with Crippen molar-refractivity contribution in [3.63, 3.8) is 0 Å². The molecule has 0 amide bonds. The van der Waals surface area contributed by atoms with Gasteiger partial charge < -0.3 is 10.2 Å². The van der Waals surface area contributed by atoms with E-state index in [0.29, 0.717) is 12.1 Å². The summed E-state index contributed by atoms with van der Waals surface area (Å²) in [7, 11) is 4.27. The van der Waals surface area contributed by atoms with Crippen molar-refractivity contribution in [2.45, 2.75) is 58.0 Å². The second kappa shape index (κ2) is 7.80. The molecular formula is C18H32N2. The van der Waals surface area contributed by atoms with Gasteiger partial charge >= 0.3 is 0 Å². The molecule has 0 saturated heterocycles. The molecule has 0 aromatic heterocycles. The van der Waals surface area contributed by atoms with Crippen molar-refractivity contribution in [1.29, 1.82) is 0 Å². The van der Waals surface area contributed by atoms with Crippen molar-refractivity contribution >= 4 is 0 Å². The Morgan fingerprint density at radius 1 is 1.05 bits per heavy atom. The molecule has 2 nitrogen and oxygen atoms in total. The molecule has 2 unspecified atom stereocenters. The minimum atomic E-state index is 0.217. The highest BCUT2D eigenvalue weighted by Crippen LogP contribution is 2.28. The van der Waals surface area contributed by atoms with Crippen LogP contribution in [-0.4, -0.2) is 37.6 Å². The maximum atomic E-state index is 3.73. The number of benzene rings is 1. The first-order chi connectivity index (χ1) is 9.31. The van der Waals surface area contributed by atoms with Crippen LogP contribution in [0.2, 0.25) is 0 Å². The van der Waals surface area contributed by atoms with Crippen LogP contribution in [0.5, 0.6) is 0 Å². The van der Waals surface area contributed by atoms with Crippen molar-refractivity contribution in [3.8, 4) is 0 Å². The fraction of sp³-hybridized carbons (Fsp3) is 0.667. The van der Waals surface area contributed by atoms with Crippen LogP contribution >= 0.6 is 0 Å². The van der Waals surface area contributed by atoms with E-state index in [1.165, 1.54) is 12.0 Å². The van der Waals surface area contributed by atoms with E-state index in [2.05, 4.69) is 82.3 Å². The minimum Gasteiger partial charge on any atom is -0.312 e. The monoisotopic (exact) mass is 276 g/mol. The van der Waals surface area contributed by atoms with E-state index in [9.17, 15) is 0 Å². The molecule has 0 aliphatic carbocycles. The van der Waals surface area contributed by atoms with E-state index in [0.717, 1.165) is 13.0 Å². The van der Waals surface area contributed by atoms with Gasteiger partial charge in [0.15, 0.2) is 0 Å². The Morgan fingerprint density at radius 2 is 1.65 bits per heavy atom. The predicted octanol–water partition coefficient (Wildman–Crippen LogP) is 3.67. The molecule has 0 spiro atoms. The molecule has 2 atom stereocenters. The summed E-state index contributed by atoms with van der Waals surface area (Å²) in [6, 6.07) is 11.9. The van der Waals surface area contributed by atoms with Crippen LogP contribution in [0.25, 0.3) is 0 Å². The molecule has 0 radical (unpaired) electrons. The Bertz CT molecular complexity index is 370. The quantitative estimate of drug-likeness (QED) is 0.779. The third kappa shape index (κ3) is 6.06. The molecule has 1 N–H and O–H groups in total. The van der Waals surface area contributed by atoms with Crippen LogP contribution in [0.1, 0.15) is 46.1 Å². The first-order valence-corrected chi connectivity index (χ1v) is 7.77. The van der Waals surface area contributed by atoms with Crippen molar-refractivity contribution in [2.75, 3.05) is 20.6 Å². The molecule has 0 heterocycles. The summed E-state index contributed by atoms with van der Waals surface area (Å²) in [6.07, 6.45) is 2.35. The average Bonchev–Trinajstić information content (AvgIpc) is 2.36. The van der Waals surface area contributed by atoms with Crippen molar-refractivity contribution in [3.05, 3.63) is 35.9 Å². The number of nitrogens with one attached hydrogen (secondary N) is 1. The van der Waals surface area contributed by atoms with Gasteiger partial charge in [-0.3, -0.25) is 0 Å². The van der Waals surface area contributed by atoms with Crippen molar-refractivity contribution < 1.29 is 0 Å². The summed E-state index contributed by atoms with van der Waals surface area (Å²) in [4.78, 5) is 2.25. The van der Waals surface area contributed by atoms with E-state index in [1.807, 2.05) is 0 Å². The molecule has 20 heavy (non-hydrogen) atoms. The number of rotatable bonds is 8. The summed E-state index contributed by atoms with van der Waals surface area (Å²) < 4.78 is 0. The number of nitrogens with zero attached hydrogens (tertiary/aromatic N) is 1. The molecule has 1 rings (SSSR count). The van der Waals surface area contributed by atoms with Gasteiger partial charge in [-0.1, -0.05) is 44.2 Å². The van der Waals surface area contributed by atoms with E-state index in [1.54, 1.807) is 0 Å². The summed E-state index contributed by atoms with van der Waals surface area (Å²) in [5.74, 6) is 0. The zero-order valence-corrected chi connectivity index (χ0v) is 14.1. The van der Waals surface area contributed by atoms with E-state index in [-0.39, 0.29) is 5.41 Å². The second-order valence-electron chi connectivity index (χ2n) is 7.01. The summed E-state index contributed by atoms with van der Waals surface area (Å²) in [6.45, 7) is 10.4. The van der Waals surface area contributed by atoms with Crippen LogP contribution in [0.3, 0.4) is 0 Å². The van der Waals surface area contributed by atoms with Gasteiger partial charge in [-0.2, -0.15) is 0 Å². The lowest BCUT2D eigenvalue weighted by molar-refractivity contribution is 0.325. The van der Waals surface area contributed by atoms with Crippen LogP contribution in [0.4, 0.5) is 0 Å². The summed E-state index contributed by atoms with van der Waals surface area (Å²) >= 11 is 0. The normalized spacial score (nSPS) is 15.3. The smallest absolute Gasteiger partial charge is 0.00533 e. The van der Waals surface area contributed by atoms with Crippen LogP contribution in [-0.2, 0) is 5.41 Å². The van der Waals surface area contributed by atoms with Crippen molar-refractivity contribution in [1.82, 2.24) is 10.2 Å². The highest BCUT2D eigenvalue weighted by molar-refractivity contribution is 5.23. The first-order valence-electron chi connectivity index (χ1n) is 7.77. The second-order valence-corrected chi connectivity index (χ2v) is 7.01. The van der Waals surface area contributed by atoms with Gasteiger partial charge in [0.05, 0.1) is 0 Å². The molecule has 0 saturated carbocycles. The molecule has 0 aliphatic heterocycles. The topological polar surface area (TPSA) is 15.3 Å². The van der Waals surface area contributed by atoms with Gasteiger partial charge in [0, 0.05) is 12.1 Å². The maximum Gasteiger partial charge on any atom is 0.00533 e. The Kier molecular flexibility index (Phi) is 6.70. The van der Waals surface area contributed by atoms with Crippen LogP contribution < -0.4 is 5.32 Å². The highest BCUT2D eigenvalue weighted by atomic mass is 15.1. The number of hydrogen-bond acceptors (Lipinski definition) is 2. The molecule has 1 aromatic carbocycles. The molecule has 0 bridgehead atoms. The zero-order chi connectivity index (χ0) is 15.2. The third-order valence-corrected chi connectivity index (χ3v) is 3.95. The Labute approximate surface area is 125 Å². The summed E-state index contributed by atoms with van der Waals surface area (Å²) in [5.41, 5.74) is 1.64. The standard InChI is InChI=1S/C18H32N2/c1-15(12-13-20(5)6)19-16(2)14-18(3,4)17-10-8-7-9-11-17/h7-11,15-16,19H,12-14H2,1-6H3. The highest BCUT2D eigenvalue weighted by Gasteiger charge is 2.23. The largest absolute Gasteiger partial charge is 0.312 e. The maximum absolute atomic E-state index is 3.73. The lowest BCUT2D eigenvalue weighted by atomic mass is 9.79. The predicted molar refractivity (Wildman–Crippen MR) is 89.3 cm³/mol. The first kappa shape index (κ1) is 17.2. The molecule has 114 valence electrons. The van der Waals surface area contributed by atoms with Crippen LogP contribution in [0, 0.1) is 0 Å². The van der Waals surface area contributed by atoms with E-state index >= 15 is 0 Å². The van der Waals surface area contributed by atoms with Gasteiger partial charge in [-0.25, -0.2) is 0 Å². The lowest BCUT2D eigenvalue weighted by Crippen LogP contribution is -2.39. The zero-order valence-electron chi connectivity index (χ0n) is 14.1. The SMILES string of the molecule is CC(CCN(C)C)NC(C)CC(C)(C)c1ccccc1. The Morgan fingerprint density at radius 3 is 2.20 bits per heavy atom. The van der Waals surface area contributed by atoms with E-state index in [4.69, 9.17) is 0 Å². The molecule has 1 aromatic rings. The third-order valence-electron chi connectivity index (χ3n) is 3.95. The van der Waals surface area contributed by atoms with Gasteiger partial charge in [0.25, 0.3) is 0 Å². The fourth-order valence-electron chi connectivity index (χ4n) is 2.85. The molecule has 0 aliphatic rings. The average molecular weight is 276 g/mol. The fourth-order valence-corrected chi connectivity index (χ4v) is 2.85. The van der Waals surface area contributed by atoms with Crippen LogP contribution in [0.15, 0.2) is 30.3 Å². The molecule has 2 heteroatoms. The van der Waals surface area contributed by atoms with E-state index < -0.39 is 0 Å². The lowest BCUT2D eigenvalue weighted by Gasteiger charge is -2.31. The minimum absolute atomic E-state index is 0.217. The van der Waals surface area contributed by atoms with Gasteiger partial charge in [-0.15, -0.1) is 0 Å².